The number of furan rings is 1. The van der Waals surface area contributed by atoms with Crippen LogP contribution in [-0.2, 0) is 0 Å². The second-order valence-electron chi connectivity index (χ2n) is 12.0. The van der Waals surface area contributed by atoms with Crippen LogP contribution in [0.3, 0.4) is 0 Å². The Morgan fingerprint density at radius 3 is 1.77 bits per heavy atom. The number of fused-ring (bicyclic) bond motifs is 5. The van der Waals surface area contributed by atoms with Gasteiger partial charge in [0.05, 0.1) is 11.1 Å². The molecule has 0 atom stereocenters. The molecule has 9 aromatic rings. The fourth-order valence-corrected chi connectivity index (χ4v) is 6.83. The third-order valence-corrected chi connectivity index (χ3v) is 9.14. The molecule has 3 heteroatoms. The zero-order valence-electron chi connectivity index (χ0n) is 26.1. The Bertz CT molecular complexity index is 2540. The molecular formula is C45H30N2O. The number of anilines is 3. The van der Waals surface area contributed by atoms with Crippen LogP contribution in [0.25, 0.3) is 66.2 Å². The van der Waals surface area contributed by atoms with Gasteiger partial charge >= 0.3 is 0 Å². The highest BCUT2D eigenvalue weighted by atomic mass is 16.3. The minimum Gasteiger partial charge on any atom is -0.454 e. The van der Waals surface area contributed by atoms with Crippen molar-refractivity contribution in [1.82, 2.24) is 4.98 Å². The lowest BCUT2D eigenvalue weighted by molar-refractivity contribution is 0.669. The third kappa shape index (κ3) is 4.81. The lowest BCUT2D eigenvalue weighted by Gasteiger charge is -2.28. The van der Waals surface area contributed by atoms with Crippen molar-refractivity contribution in [3.05, 3.63) is 182 Å². The molecule has 7 aromatic carbocycles. The third-order valence-electron chi connectivity index (χ3n) is 9.14. The largest absolute Gasteiger partial charge is 0.454 e. The highest BCUT2D eigenvalue weighted by Gasteiger charge is 2.19. The van der Waals surface area contributed by atoms with Crippen LogP contribution in [0.4, 0.5) is 17.1 Å². The minimum absolute atomic E-state index is 0.805. The van der Waals surface area contributed by atoms with Gasteiger partial charge in [-0.3, -0.25) is 4.98 Å². The quantitative estimate of drug-likeness (QED) is 0.187. The number of benzene rings is 7. The molecule has 0 radical (unpaired) electrons. The average molecular weight is 615 g/mol. The van der Waals surface area contributed by atoms with E-state index in [9.17, 15) is 0 Å². The second kappa shape index (κ2) is 11.7. The van der Waals surface area contributed by atoms with Crippen molar-refractivity contribution < 1.29 is 4.42 Å². The van der Waals surface area contributed by atoms with E-state index >= 15 is 0 Å². The van der Waals surface area contributed by atoms with Crippen LogP contribution in [0.2, 0.25) is 0 Å². The summed E-state index contributed by atoms with van der Waals surface area (Å²) < 4.78 is 6.50. The summed E-state index contributed by atoms with van der Waals surface area (Å²) in [6, 6.07) is 62.0. The molecule has 3 nitrogen and oxygen atoms in total. The maximum absolute atomic E-state index is 6.50. The molecule has 0 saturated heterocycles. The maximum atomic E-state index is 6.50. The number of hydrogen-bond donors (Lipinski definition) is 0. The molecule has 0 amide bonds. The highest BCUT2D eigenvalue weighted by Crippen LogP contribution is 2.43. The lowest BCUT2D eigenvalue weighted by Crippen LogP contribution is -2.11. The van der Waals surface area contributed by atoms with Gasteiger partial charge < -0.3 is 9.32 Å². The molecule has 0 aliphatic rings. The summed E-state index contributed by atoms with van der Waals surface area (Å²) in [5, 5.41) is 3.39. The summed E-state index contributed by atoms with van der Waals surface area (Å²) >= 11 is 0. The molecule has 9 rings (SSSR count). The summed E-state index contributed by atoms with van der Waals surface area (Å²) in [4.78, 5) is 7.14. The molecule has 0 spiro atoms. The second-order valence-corrected chi connectivity index (χ2v) is 12.0. The molecule has 0 aliphatic heterocycles. The van der Waals surface area contributed by atoms with Gasteiger partial charge in [0.2, 0.25) is 0 Å². The number of para-hydroxylation sites is 1. The first kappa shape index (κ1) is 27.8. The van der Waals surface area contributed by atoms with Gasteiger partial charge in [-0.05, 0) is 75.5 Å². The van der Waals surface area contributed by atoms with Crippen LogP contribution in [0, 0.1) is 0 Å². The van der Waals surface area contributed by atoms with Gasteiger partial charge in [-0.25, -0.2) is 0 Å². The molecule has 0 fully saturated rings. The van der Waals surface area contributed by atoms with Crippen molar-refractivity contribution in [2.24, 2.45) is 0 Å². The van der Waals surface area contributed by atoms with E-state index in [1.165, 1.54) is 27.6 Å². The van der Waals surface area contributed by atoms with E-state index in [-0.39, 0.29) is 0 Å². The Labute approximate surface area is 279 Å². The van der Waals surface area contributed by atoms with Crippen molar-refractivity contribution in [2.45, 2.75) is 0 Å². The first-order valence-electron chi connectivity index (χ1n) is 16.2. The van der Waals surface area contributed by atoms with E-state index < -0.39 is 0 Å². The standard InChI is InChI=1S/C45H30N2O/c1-3-11-31(12-4-1)32-19-24-36(25-20-32)47(41-18-10-9-16-38(41)33-13-5-2-6-14-33)37-26-21-35(22-27-37)40-29-30-46-44-43-39-17-8-7-15-34(39)23-28-42(43)48-45(40)44/h1-30H. The van der Waals surface area contributed by atoms with Crippen LogP contribution in [-0.4, -0.2) is 4.98 Å². The number of hydrogen-bond acceptors (Lipinski definition) is 3. The van der Waals surface area contributed by atoms with E-state index in [4.69, 9.17) is 9.40 Å². The maximum Gasteiger partial charge on any atom is 0.161 e. The SMILES string of the molecule is c1ccc(-c2ccc(N(c3ccc(-c4ccnc5c4oc4ccc6ccccc6c45)cc3)c3ccccc3-c3ccccc3)cc2)cc1. The molecule has 2 aromatic heterocycles. The Kier molecular flexibility index (Phi) is 6.80. The average Bonchev–Trinajstić information content (AvgIpc) is 3.56. The lowest BCUT2D eigenvalue weighted by atomic mass is 10.00. The van der Waals surface area contributed by atoms with Crippen LogP contribution < -0.4 is 4.90 Å². The normalized spacial score (nSPS) is 11.3. The molecular weight excluding hydrogens is 585 g/mol. The van der Waals surface area contributed by atoms with Crippen molar-refractivity contribution in [2.75, 3.05) is 4.90 Å². The Morgan fingerprint density at radius 2 is 1.02 bits per heavy atom. The first-order valence-corrected chi connectivity index (χ1v) is 16.2. The smallest absolute Gasteiger partial charge is 0.161 e. The Hall–Kier alpha value is -6.45. The summed E-state index contributed by atoms with van der Waals surface area (Å²) in [6.45, 7) is 0. The molecule has 0 saturated carbocycles. The van der Waals surface area contributed by atoms with Crippen molar-refractivity contribution in [3.8, 4) is 33.4 Å². The van der Waals surface area contributed by atoms with Crippen LogP contribution in [0.1, 0.15) is 0 Å². The van der Waals surface area contributed by atoms with E-state index in [0.29, 0.717) is 0 Å². The Balaban J connectivity index is 1.17. The van der Waals surface area contributed by atoms with Gasteiger partial charge in [-0.2, -0.15) is 0 Å². The van der Waals surface area contributed by atoms with Crippen molar-refractivity contribution >= 4 is 49.9 Å². The number of pyridine rings is 1. The predicted molar refractivity (Wildman–Crippen MR) is 200 cm³/mol. The summed E-state index contributed by atoms with van der Waals surface area (Å²) in [6.07, 6.45) is 1.89. The van der Waals surface area contributed by atoms with E-state index in [2.05, 4.69) is 175 Å². The van der Waals surface area contributed by atoms with Gasteiger partial charge in [0.15, 0.2) is 5.58 Å². The van der Waals surface area contributed by atoms with Crippen LogP contribution in [0.5, 0.6) is 0 Å². The fraction of sp³-hybridized carbons (Fsp3) is 0. The molecule has 226 valence electrons. The van der Waals surface area contributed by atoms with Gasteiger partial charge in [-0.15, -0.1) is 0 Å². The predicted octanol–water partition coefficient (Wildman–Crippen LogP) is 12.6. The highest BCUT2D eigenvalue weighted by molar-refractivity contribution is 6.19. The molecule has 2 heterocycles. The number of rotatable bonds is 6. The molecule has 0 aliphatic carbocycles. The zero-order chi connectivity index (χ0) is 31.9. The number of nitrogens with zero attached hydrogens (tertiary/aromatic N) is 2. The Morgan fingerprint density at radius 1 is 0.438 bits per heavy atom. The van der Waals surface area contributed by atoms with Gasteiger partial charge in [0.25, 0.3) is 0 Å². The van der Waals surface area contributed by atoms with E-state index in [1.807, 2.05) is 12.3 Å². The van der Waals surface area contributed by atoms with E-state index in [1.54, 1.807) is 0 Å². The monoisotopic (exact) mass is 614 g/mol. The molecule has 0 N–H and O–H groups in total. The summed E-state index contributed by atoms with van der Waals surface area (Å²) in [5.41, 5.74) is 12.6. The fourth-order valence-electron chi connectivity index (χ4n) is 6.83. The molecule has 0 bridgehead atoms. The van der Waals surface area contributed by atoms with Crippen LogP contribution >= 0.6 is 0 Å². The van der Waals surface area contributed by atoms with Gasteiger partial charge in [0.1, 0.15) is 11.1 Å². The molecule has 0 unspecified atom stereocenters. The van der Waals surface area contributed by atoms with E-state index in [0.717, 1.165) is 55.6 Å². The first-order chi connectivity index (χ1) is 23.8. The van der Waals surface area contributed by atoms with Crippen molar-refractivity contribution in [3.63, 3.8) is 0 Å². The van der Waals surface area contributed by atoms with Gasteiger partial charge in [0, 0.05) is 28.7 Å². The summed E-state index contributed by atoms with van der Waals surface area (Å²) in [7, 11) is 0. The van der Waals surface area contributed by atoms with Crippen molar-refractivity contribution in [1.29, 1.82) is 0 Å². The number of aromatic nitrogens is 1. The van der Waals surface area contributed by atoms with Gasteiger partial charge in [-0.1, -0.05) is 133 Å². The summed E-state index contributed by atoms with van der Waals surface area (Å²) in [5.74, 6) is 0. The van der Waals surface area contributed by atoms with Crippen LogP contribution in [0.15, 0.2) is 187 Å². The zero-order valence-corrected chi connectivity index (χ0v) is 26.1. The topological polar surface area (TPSA) is 29.3 Å². The molecule has 48 heavy (non-hydrogen) atoms. The minimum atomic E-state index is 0.805.